The van der Waals surface area contributed by atoms with E-state index in [4.69, 9.17) is 24.4 Å². The predicted molar refractivity (Wildman–Crippen MR) is 67.1 cm³/mol. The van der Waals surface area contributed by atoms with E-state index < -0.39 is 12.5 Å². The summed E-state index contributed by atoms with van der Waals surface area (Å²) >= 11 is 0. The van der Waals surface area contributed by atoms with Crippen molar-refractivity contribution in [1.82, 2.24) is 10.2 Å². The highest BCUT2D eigenvalue weighted by Crippen LogP contribution is 2.20. The van der Waals surface area contributed by atoms with E-state index in [9.17, 15) is 4.79 Å². The summed E-state index contributed by atoms with van der Waals surface area (Å²) in [6, 6.07) is -0.310. The number of urea groups is 1. The molecule has 0 aromatic heterocycles. The van der Waals surface area contributed by atoms with Gasteiger partial charge in [-0.15, -0.1) is 0 Å². The van der Waals surface area contributed by atoms with E-state index >= 15 is 0 Å². The van der Waals surface area contributed by atoms with Crippen molar-refractivity contribution < 1.29 is 23.7 Å². The SMILES string of the molecule is N=C1CCN(C2COC(COC3CCCO3)O2)C(=O)N1. The molecule has 0 aromatic carbocycles. The first kappa shape index (κ1) is 13.7. The number of carbonyl (C=O) groups is 1. The van der Waals surface area contributed by atoms with Crippen LogP contribution >= 0.6 is 0 Å². The van der Waals surface area contributed by atoms with Crippen LogP contribution in [0.2, 0.25) is 0 Å². The smallest absolute Gasteiger partial charge is 0.324 e. The van der Waals surface area contributed by atoms with Crippen LogP contribution in [-0.2, 0) is 18.9 Å². The summed E-state index contributed by atoms with van der Waals surface area (Å²) in [5.74, 6) is 0.239. The molecule has 0 aromatic rings. The molecule has 8 nitrogen and oxygen atoms in total. The topological polar surface area (TPSA) is 93.1 Å². The zero-order valence-electron chi connectivity index (χ0n) is 11.2. The summed E-state index contributed by atoms with van der Waals surface area (Å²) in [5.41, 5.74) is 0. The minimum Gasteiger partial charge on any atom is -0.353 e. The van der Waals surface area contributed by atoms with E-state index in [0.29, 0.717) is 26.2 Å². The van der Waals surface area contributed by atoms with Crippen molar-refractivity contribution >= 4 is 11.9 Å². The van der Waals surface area contributed by atoms with Crippen LogP contribution in [0, 0.1) is 5.41 Å². The number of hydrogen-bond donors (Lipinski definition) is 2. The number of nitrogens with zero attached hydrogens (tertiary/aromatic N) is 1. The lowest BCUT2D eigenvalue weighted by Crippen LogP contribution is -2.54. The first-order valence-corrected chi connectivity index (χ1v) is 6.87. The van der Waals surface area contributed by atoms with Gasteiger partial charge in [0.25, 0.3) is 0 Å². The lowest BCUT2D eigenvalue weighted by atomic mass is 10.3. The highest BCUT2D eigenvalue weighted by Gasteiger charge is 2.36. The van der Waals surface area contributed by atoms with Gasteiger partial charge in [-0.2, -0.15) is 0 Å². The number of amides is 2. The van der Waals surface area contributed by atoms with Crippen LogP contribution in [0.5, 0.6) is 0 Å². The summed E-state index contributed by atoms with van der Waals surface area (Å²) < 4.78 is 22.0. The van der Waals surface area contributed by atoms with E-state index in [-0.39, 0.29) is 18.2 Å². The summed E-state index contributed by atoms with van der Waals surface area (Å²) in [5, 5.41) is 9.90. The molecule has 3 aliphatic heterocycles. The van der Waals surface area contributed by atoms with Crippen LogP contribution in [0.15, 0.2) is 0 Å². The minimum absolute atomic E-state index is 0.167. The number of nitrogens with one attached hydrogen (secondary N) is 2. The summed E-state index contributed by atoms with van der Waals surface area (Å²) in [6.45, 7) is 1.82. The number of carbonyl (C=O) groups excluding carboxylic acids is 1. The normalized spacial score (nSPS) is 34.6. The molecule has 3 unspecified atom stereocenters. The second-order valence-corrected chi connectivity index (χ2v) is 4.98. The zero-order chi connectivity index (χ0) is 13.9. The van der Waals surface area contributed by atoms with Crippen molar-refractivity contribution in [2.75, 3.05) is 26.4 Å². The van der Waals surface area contributed by atoms with Gasteiger partial charge in [-0.25, -0.2) is 4.79 Å². The van der Waals surface area contributed by atoms with E-state index in [0.717, 1.165) is 19.4 Å². The lowest BCUT2D eigenvalue weighted by molar-refractivity contribution is -0.178. The molecule has 0 spiro atoms. The molecule has 3 atom stereocenters. The molecular weight excluding hydrogens is 266 g/mol. The largest absolute Gasteiger partial charge is 0.353 e. The number of hydrogen-bond acceptors (Lipinski definition) is 6. The van der Waals surface area contributed by atoms with E-state index in [2.05, 4.69) is 5.32 Å². The first-order chi connectivity index (χ1) is 9.72. The van der Waals surface area contributed by atoms with Crippen molar-refractivity contribution in [3.63, 3.8) is 0 Å². The van der Waals surface area contributed by atoms with Gasteiger partial charge in [0.05, 0.1) is 6.61 Å². The van der Waals surface area contributed by atoms with Crippen molar-refractivity contribution in [1.29, 1.82) is 5.41 Å². The van der Waals surface area contributed by atoms with Gasteiger partial charge in [-0.05, 0) is 6.42 Å². The predicted octanol–water partition coefficient (Wildman–Crippen LogP) is 0.231. The molecule has 0 saturated carbocycles. The number of rotatable bonds is 4. The van der Waals surface area contributed by atoms with Gasteiger partial charge >= 0.3 is 6.03 Å². The van der Waals surface area contributed by atoms with Crippen LogP contribution in [0.3, 0.4) is 0 Å². The van der Waals surface area contributed by atoms with Gasteiger partial charge in [-0.1, -0.05) is 0 Å². The van der Waals surface area contributed by atoms with Crippen molar-refractivity contribution in [2.45, 2.75) is 38.1 Å². The Balaban J connectivity index is 1.44. The monoisotopic (exact) mass is 285 g/mol. The molecule has 2 N–H and O–H groups in total. The van der Waals surface area contributed by atoms with E-state index in [1.807, 2.05) is 0 Å². The highest BCUT2D eigenvalue weighted by molar-refractivity contribution is 5.98. The van der Waals surface area contributed by atoms with E-state index in [1.54, 1.807) is 4.90 Å². The molecular formula is C12H19N3O5. The van der Waals surface area contributed by atoms with Crippen molar-refractivity contribution in [3.8, 4) is 0 Å². The Morgan fingerprint density at radius 2 is 2.35 bits per heavy atom. The Morgan fingerprint density at radius 1 is 1.45 bits per heavy atom. The van der Waals surface area contributed by atoms with Gasteiger partial charge in [0.1, 0.15) is 12.4 Å². The third kappa shape index (κ3) is 3.09. The quantitative estimate of drug-likeness (QED) is 0.771. The Kier molecular flexibility index (Phi) is 4.16. The average Bonchev–Trinajstić information content (AvgIpc) is 3.07. The summed E-state index contributed by atoms with van der Waals surface area (Å²) in [7, 11) is 0. The van der Waals surface area contributed by atoms with Crippen molar-refractivity contribution in [3.05, 3.63) is 0 Å². The average molecular weight is 285 g/mol. The molecule has 0 radical (unpaired) electrons. The fourth-order valence-corrected chi connectivity index (χ4v) is 2.43. The van der Waals surface area contributed by atoms with Crippen LogP contribution in [0.1, 0.15) is 19.3 Å². The van der Waals surface area contributed by atoms with Crippen molar-refractivity contribution in [2.24, 2.45) is 0 Å². The Labute approximate surface area is 116 Å². The number of ether oxygens (including phenoxy) is 4. The highest BCUT2D eigenvalue weighted by atomic mass is 16.8. The molecule has 8 heteroatoms. The molecule has 3 saturated heterocycles. The first-order valence-electron chi connectivity index (χ1n) is 6.87. The fourth-order valence-electron chi connectivity index (χ4n) is 2.43. The standard InChI is InChI=1S/C12H19N3O5/c13-8-3-4-15(12(16)14-8)9-6-18-11(20-9)7-19-10-2-1-5-17-10/h9-11H,1-7H2,(H2,13,14,16). The molecule has 3 heterocycles. The second-order valence-electron chi connectivity index (χ2n) is 4.98. The summed E-state index contributed by atoms with van der Waals surface area (Å²) in [6.07, 6.45) is 1.36. The molecule has 2 amide bonds. The van der Waals surface area contributed by atoms with E-state index in [1.165, 1.54) is 0 Å². The second kappa shape index (κ2) is 6.04. The minimum atomic E-state index is -0.474. The maximum absolute atomic E-state index is 11.8. The Bertz CT molecular complexity index is 385. The third-order valence-corrected chi connectivity index (χ3v) is 3.51. The maximum atomic E-state index is 11.8. The Morgan fingerprint density at radius 3 is 3.10 bits per heavy atom. The van der Waals surface area contributed by atoms with Gasteiger partial charge < -0.3 is 18.9 Å². The van der Waals surface area contributed by atoms with Crippen LogP contribution in [0.4, 0.5) is 4.79 Å². The van der Waals surface area contributed by atoms with Crippen LogP contribution in [-0.4, -0.2) is 61.9 Å². The van der Waals surface area contributed by atoms with Gasteiger partial charge in [0, 0.05) is 26.0 Å². The van der Waals surface area contributed by atoms with Gasteiger partial charge in [-0.3, -0.25) is 15.6 Å². The third-order valence-electron chi connectivity index (χ3n) is 3.51. The van der Waals surface area contributed by atoms with Gasteiger partial charge in [0.2, 0.25) is 0 Å². The Hall–Kier alpha value is -1.22. The molecule has 20 heavy (non-hydrogen) atoms. The maximum Gasteiger partial charge on any atom is 0.324 e. The molecule has 0 aliphatic carbocycles. The fraction of sp³-hybridized carbons (Fsp3) is 0.833. The summed E-state index contributed by atoms with van der Waals surface area (Å²) in [4.78, 5) is 13.3. The molecule has 3 aliphatic rings. The molecule has 3 fully saturated rings. The zero-order valence-corrected chi connectivity index (χ0v) is 11.2. The van der Waals surface area contributed by atoms with Crippen LogP contribution in [0.25, 0.3) is 0 Å². The van der Waals surface area contributed by atoms with Gasteiger partial charge in [0.15, 0.2) is 18.8 Å². The molecule has 3 rings (SSSR count). The van der Waals surface area contributed by atoms with Crippen LogP contribution < -0.4 is 5.32 Å². The molecule has 0 bridgehead atoms. The lowest BCUT2D eigenvalue weighted by Gasteiger charge is -2.31. The molecule has 112 valence electrons. The number of amidine groups is 1.